The minimum absolute atomic E-state index is 0.000958. The number of fused-ring (bicyclic) bond motifs is 5. The van der Waals surface area contributed by atoms with Crippen LogP contribution >= 0.6 is 0 Å². The summed E-state index contributed by atoms with van der Waals surface area (Å²) in [4.78, 5) is 62.1. The number of benzene rings is 2. The van der Waals surface area contributed by atoms with Crippen LogP contribution in [-0.2, 0) is 24.4 Å². The van der Waals surface area contributed by atoms with Crippen molar-refractivity contribution in [2.24, 2.45) is 5.92 Å². The molecular formula is C40H42FN5O8S. The summed E-state index contributed by atoms with van der Waals surface area (Å²) in [5.41, 5.74) is -0.983. The number of rotatable bonds is 7. The molecule has 8 rings (SSSR count). The molecule has 2 aliphatic heterocycles. The molecule has 3 fully saturated rings. The Hall–Kier alpha value is -5.31. The monoisotopic (exact) mass is 771 g/mol. The summed E-state index contributed by atoms with van der Waals surface area (Å²) >= 11 is 0. The molecule has 5 atom stereocenters. The van der Waals surface area contributed by atoms with Crippen LogP contribution in [0, 0.1) is 18.7 Å². The summed E-state index contributed by atoms with van der Waals surface area (Å²) in [5, 5.41) is 6.47. The van der Waals surface area contributed by atoms with E-state index in [9.17, 15) is 27.6 Å². The molecule has 55 heavy (non-hydrogen) atoms. The lowest BCUT2D eigenvalue weighted by Gasteiger charge is -2.29. The van der Waals surface area contributed by atoms with Gasteiger partial charge in [0.1, 0.15) is 35.3 Å². The Morgan fingerprint density at radius 2 is 1.82 bits per heavy atom. The maximum absolute atomic E-state index is 15.5. The molecule has 4 heterocycles. The smallest absolute Gasteiger partial charge is 0.287 e. The molecule has 2 aromatic carbocycles. The highest BCUT2D eigenvalue weighted by atomic mass is 32.2. The Bertz CT molecular complexity index is 2340. The normalized spacial score (nSPS) is 26.6. The van der Waals surface area contributed by atoms with E-state index in [4.69, 9.17) is 9.15 Å². The van der Waals surface area contributed by atoms with Crippen molar-refractivity contribution in [2.75, 3.05) is 6.54 Å². The Morgan fingerprint density at radius 3 is 2.60 bits per heavy atom. The zero-order valence-corrected chi connectivity index (χ0v) is 31.1. The van der Waals surface area contributed by atoms with Crippen LogP contribution in [0.15, 0.2) is 71.2 Å². The van der Waals surface area contributed by atoms with Gasteiger partial charge in [-0.1, -0.05) is 55.3 Å². The number of furan rings is 1. The van der Waals surface area contributed by atoms with Crippen LogP contribution in [0.5, 0.6) is 5.88 Å². The van der Waals surface area contributed by atoms with Crippen molar-refractivity contribution < 1.29 is 41.1 Å². The molecule has 288 valence electrons. The first kappa shape index (κ1) is 36.7. The largest absolute Gasteiger partial charge is 0.472 e. The van der Waals surface area contributed by atoms with Crippen molar-refractivity contribution in [3.63, 3.8) is 0 Å². The molecule has 0 unspecified atom stereocenters. The number of aryl methyl sites for hydroxylation is 1. The van der Waals surface area contributed by atoms with Crippen LogP contribution in [0.4, 0.5) is 4.39 Å². The highest BCUT2D eigenvalue weighted by Crippen LogP contribution is 2.46. The van der Waals surface area contributed by atoms with Gasteiger partial charge in [0.2, 0.25) is 27.7 Å². The minimum atomic E-state index is -3.92. The zero-order valence-electron chi connectivity index (χ0n) is 30.3. The van der Waals surface area contributed by atoms with E-state index >= 15 is 4.39 Å². The number of amides is 4. The maximum Gasteiger partial charge on any atom is 0.287 e. The highest BCUT2D eigenvalue weighted by molar-refractivity contribution is 7.91. The summed E-state index contributed by atoms with van der Waals surface area (Å²) in [6, 6.07) is 12.9. The van der Waals surface area contributed by atoms with Crippen LogP contribution in [0.2, 0.25) is 0 Å². The summed E-state index contributed by atoms with van der Waals surface area (Å²) in [6.07, 6.45) is 6.98. The molecule has 1 saturated heterocycles. The first-order chi connectivity index (χ1) is 26.4. The number of ether oxygens (including phenoxy) is 1. The number of sulfonamides is 1. The predicted octanol–water partition coefficient (Wildman–Crippen LogP) is 4.58. The molecule has 3 N–H and O–H groups in total. The molecule has 4 aromatic rings. The quantitative estimate of drug-likeness (QED) is 0.179. The molecule has 0 spiro atoms. The molecule has 15 heteroatoms. The molecule has 0 radical (unpaired) electrons. The van der Waals surface area contributed by atoms with Crippen LogP contribution in [0.3, 0.4) is 0 Å². The number of carbonyl (C=O) groups excluding carboxylic acids is 4. The van der Waals surface area contributed by atoms with Crippen LogP contribution in [-0.4, -0.2) is 77.5 Å². The second kappa shape index (κ2) is 14.4. The second-order valence-electron chi connectivity index (χ2n) is 15.0. The molecule has 2 aromatic heterocycles. The van der Waals surface area contributed by atoms with Gasteiger partial charge in [0.05, 0.1) is 22.7 Å². The van der Waals surface area contributed by atoms with Gasteiger partial charge in [0.15, 0.2) is 5.76 Å². The Morgan fingerprint density at radius 1 is 1.02 bits per heavy atom. The average molecular weight is 772 g/mol. The number of nitrogens with one attached hydrogen (secondary N) is 3. The van der Waals surface area contributed by atoms with E-state index in [1.165, 1.54) is 17.0 Å². The number of halogens is 1. The number of pyridine rings is 1. The number of aromatic nitrogens is 1. The summed E-state index contributed by atoms with van der Waals surface area (Å²) in [5.74, 6) is -3.09. The van der Waals surface area contributed by atoms with Gasteiger partial charge in [0.25, 0.3) is 11.8 Å². The van der Waals surface area contributed by atoms with Crippen molar-refractivity contribution in [1.82, 2.24) is 25.2 Å². The summed E-state index contributed by atoms with van der Waals surface area (Å²) < 4.78 is 55.4. The first-order valence-corrected chi connectivity index (χ1v) is 20.3. The van der Waals surface area contributed by atoms with Gasteiger partial charge in [-0.15, -0.1) is 0 Å². The van der Waals surface area contributed by atoms with Gasteiger partial charge < -0.3 is 24.7 Å². The van der Waals surface area contributed by atoms with E-state index in [1.54, 1.807) is 37.3 Å². The third kappa shape index (κ3) is 7.29. The van der Waals surface area contributed by atoms with E-state index in [2.05, 4.69) is 20.3 Å². The van der Waals surface area contributed by atoms with E-state index in [0.717, 1.165) is 18.2 Å². The van der Waals surface area contributed by atoms with Crippen molar-refractivity contribution in [1.29, 1.82) is 0 Å². The molecular weight excluding hydrogens is 730 g/mol. The SMILES string of the molecule is Cc1ccc(C(=O)N[C@H]2CCCCC/C=C\[C@@H]3C[C@@]3(C(=O)NS(=O)(=O)C3CC3)NC(=O)[C@@H]3C[C@@H](Oc4nc5ccccc5c5cccc(F)c45)CN3C2=O)o1. The Labute approximate surface area is 317 Å². The van der Waals surface area contributed by atoms with Gasteiger partial charge in [-0.05, 0) is 75.1 Å². The van der Waals surface area contributed by atoms with Gasteiger partial charge in [-0.3, -0.25) is 23.9 Å². The molecule has 2 aliphatic carbocycles. The Balaban J connectivity index is 1.13. The topological polar surface area (TPSA) is 177 Å². The van der Waals surface area contributed by atoms with Crippen molar-refractivity contribution in [2.45, 2.75) is 93.7 Å². The first-order valence-electron chi connectivity index (χ1n) is 18.8. The van der Waals surface area contributed by atoms with Crippen molar-refractivity contribution in [3.8, 4) is 5.88 Å². The number of carbonyl (C=O) groups is 4. The lowest BCUT2D eigenvalue weighted by Crippen LogP contribution is -2.58. The van der Waals surface area contributed by atoms with Crippen molar-refractivity contribution >= 4 is 55.3 Å². The van der Waals surface area contributed by atoms with E-state index < -0.39 is 74.4 Å². The number of nitrogens with zero attached hydrogens (tertiary/aromatic N) is 2. The summed E-state index contributed by atoms with van der Waals surface area (Å²) in [6.45, 7) is 1.58. The third-order valence-electron chi connectivity index (χ3n) is 11.0. The average Bonchev–Trinajstić information content (AvgIpc) is 4.05. The zero-order chi connectivity index (χ0) is 38.5. The Kier molecular flexibility index (Phi) is 9.60. The fourth-order valence-corrected chi connectivity index (χ4v) is 9.17. The predicted molar refractivity (Wildman–Crippen MR) is 200 cm³/mol. The molecule has 4 amide bonds. The van der Waals surface area contributed by atoms with Gasteiger partial charge in [0, 0.05) is 17.7 Å². The fourth-order valence-electron chi connectivity index (χ4n) is 7.81. The van der Waals surface area contributed by atoms with E-state index in [-0.39, 0.29) is 42.8 Å². The number of para-hydroxylation sites is 1. The van der Waals surface area contributed by atoms with Gasteiger partial charge in [-0.2, -0.15) is 0 Å². The lowest BCUT2D eigenvalue weighted by atomic mass is 10.0. The van der Waals surface area contributed by atoms with Crippen LogP contribution in [0.1, 0.15) is 74.1 Å². The number of hydrogen-bond acceptors (Lipinski definition) is 9. The van der Waals surface area contributed by atoms with E-state index in [0.29, 0.717) is 42.3 Å². The van der Waals surface area contributed by atoms with E-state index in [1.807, 2.05) is 24.3 Å². The molecule has 0 bridgehead atoms. The summed E-state index contributed by atoms with van der Waals surface area (Å²) in [7, 11) is -3.92. The molecule has 2 saturated carbocycles. The lowest BCUT2D eigenvalue weighted by molar-refractivity contribution is -0.141. The maximum atomic E-state index is 15.5. The minimum Gasteiger partial charge on any atom is -0.472 e. The van der Waals surface area contributed by atoms with Gasteiger partial charge in [-0.25, -0.2) is 17.8 Å². The molecule has 4 aliphatic rings. The molecule has 13 nitrogen and oxygen atoms in total. The number of allylic oxidation sites excluding steroid dienone is 1. The second-order valence-corrected chi connectivity index (χ2v) is 17.0. The number of hydrogen-bond donors (Lipinski definition) is 3. The van der Waals surface area contributed by atoms with Gasteiger partial charge >= 0.3 is 0 Å². The fraction of sp³-hybridized carbons (Fsp3) is 0.425. The van der Waals surface area contributed by atoms with Crippen LogP contribution < -0.4 is 20.1 Å². The van der Waals surface area contributed by atoms with Crippen molar-refractivity contribution in [3.05, 3.63) is 84.1 Å². The highest BCUT2D eigenvalue weighted by Gasteiger charge is 2.62. The third-order valence-corrected chi connectivity index (χ3v) is 12.9. The standard InChI is InChI=1S/C40H42FN5O8S/c1-23-16-19-33(53-23)36(48)42-31-15-6-4-2-3-5-10-24-21-40(24,39(50)45-55(51,52)26-17-18-26)44-35(47)32-20-25(22-46(32)38(31)49)54-37-34-28(12-9-13-29(34)41)27-11-7-8-14-30(27)43-37/h5,7-14,16,19,24-26,31-32H,2-4,6,15,17-18,20-22H2,1H3,(H,42,48)(H,44,47)(H,45,50)/b10-5-/t24-,25-,31+,32+,40-/m1/s1. The van der Waals surface area contributed by atoms with Crippen LogP contribution in [0.25, 0.3) is 21.7 Å².